The van der Waals surface area contributed by atoms with Gasteiger partial charge in [-0.2, -0.15) is 0 Å². The third-order valence-electron chi connectivity index (χ3n) is 0. The number of hydrogen-bond donors (Lipinski definition) is 1. The molecule has 0 amide bonds. The zero-order chi connectivity index (χ0) is 3.58. The third-order valence-corrected chi connectivity index (χ3v) is 0. The highest BCUT2D eigenvalue weighted by Gasteiger charge is 1.55. The molecule has 0 fully saturated rings. The van der Waals surface area contributed by atoms with Gasteiger partial charge in [0.15, 0.2) is 0 Å². The predicted molar refractivity (Wildman–Crippen MR) is 17.5 cm³/mol. The van der Waals surface area contributed by atoms with Crippen LogP contribution in [0.2, 0.25) is 0 Å². The lowest BCUT2D eigenvalue weighted by molar-refractivity contribution is -0.346. The molecule has 0 heterocycles. The monoisotopic (exact) mass is 59.1 g/mol. The summed E-state index contributed by atoms with van der Waals surface area (Å²) in [5, 5.41) is 0. The average molecular weight is 59.1 g/mol. The Morgan fingerprint density at radius 3 is 1.50 bits per heavy atom. The molecule has 0 aromatic carbocycles. The number of hydrogen-bond acceptors (Lipinski definition) is 0. The highest BCUT2D eigenvalue weighted by molar-refractivity contribution is 4.48. The fourth-order valence-corrected chi connectivity index (χ4v) is 0. The van der Waals surface area contributed by atoms with E-state index in [4.69, 9.17) is 0 Å². The fraction of sp³-hybridized carbons (Fsp3) is 0.667. The van der Waals surface area contributed by atoms with Gasteiger partial charge in [0.2, 0.25) is 0 Å². The van der Waals surface area contributed by atoms with Gasteiger partial charge in [0.25, 0.3) is 0 Å². The van der Waals surface area contributed by atoms with Crippen LogP contribution in [0, 0.1) is 6.04 Å². The Balaban J connectivity index is 2.32. The van der Waals surface area contributed by atoms with Crippen LogP contribution in [0.15, 0.2) is 0 Å². The first-order valence-electron chi connectivity index (χ1n) is 1.35. The lowest BCUT2D eigenvalue weighted by Crippen LogP contribution is -2.50. The lowest BCUT2D eigenvalue weighted by Gasteiger charge is -1.93. The first kappa shape index (κ1) is 3.96. The topological polar surface area (TPSA) is 27.6 Å². The smallest absolute Gasteiger partial charge is 0.132 e. The third kappa shape index (κ3) is 1130. The number of quaternary nitrogens is 1. The van der Waals surface area contributed by atoms with Gasteiger partial charge in [-0.1, -0.05) is 0 Å². The van der Waals surface area contributed by atoms with Crippen LogP contribution in [0.3, 0.4) is 0 Å². The Kier molecular flexibility index (Phi) is 1.28. The largest absolute Gasteiger partial charge is 0.486 e. The molecule has 0 aliphatic carbocycles. The van der Waals surface area contributed by atoms with Crippen LogP contribution in [0.4, 0.5) is 0 Å². The second-order valence-corrected chi connectivity index (χ2v) is 1.21. The van der Waals surface area contributed by atoms with E-state index in [9.17, 15) is 0 Å². The van der Waals surface area contributed by atoms with Gasteiger partial charge in [-0.25, -0.2) is 0 Å². The van der Waals surface area contributed by atoms with Gasteiger partial charge in [0.1, 0.15) is 0 Å². The molecule has 0 aromatic rings. The van der Waals surface area contributed by atoms with Crippen molar-refractivity contribution in [2.24, 2.45) is 0 Å². The summed E-state index contributed by atoms with van der Waals surface area (Å²) >= 11 is 0. The van der Waals surface area contributed by atoms with Crippen molar-refractivity contribution in [3.8, 4) is 0 Å². The maximum atomic E-state index is 3.56. The van der Waals surface area contributed by atoms with Gasteiger partial charge < -0.3 is 5.73 Å². The van der Waals surface area contributed by atoms with Crippen molar-refractivity contribution < 1.29 is 5.73 Å². The van der Waals surface area contributed by atoms with Crippen molar-refractivity contribution in [2.45, 2.75) is 13.8 Å². The summed E-state index contributed by atoms with van der Waals surface area (Å²) in [7, 11) is 0. The maximum Gasteiger partial charge on any atom is -0.132 e. The molecule has 4 heavy (non-hydrogen) atoms. The minimum atomic E-state index is 1.17. The van der Waals surface area contributed by atoms with Crippen molar-refractivity contribution in [3.63, 3.8) is 0 Å². The zero-order valence-electron chi connectivity index (χ0n) is 3.21. The molecule has 1 heteroatoms. The molecule has 0 aromatic heterocycles. The van der Waals surface area contributed by atoms with Gasteiger partial charge >= 0.3 is 0 Å². The molecule has 0 atom stereocenters. The fourth-order valence-electron chi connectivity index (χ4n) is 0. The minimum absolute atomic E-state index is 1.17. The summed E-state index contributed by atoms with van der Waals surface area (Å²) in [6, 6.07) is 1.17. The average Bonchev–Trinajstić information content (AvgIpc) is 0.811. The zero-order valence-corrected chi connectivity index (χ0v) is 3.21. The SMILES string of the molecule is C[C-](C)[NH3+]. The van der Waals surface area contributed by atoms with Crippen LogP contribution in [0.1, 0.15) is 13.8 Å². The Morgan fingerprint density at radius 2 is 1.50 bits per heavy atom. The predicted octanol–water partition coefficient (Wildman–Crippen LogP) is -0.200. The summed E-state index contributed by atoms with van der Waals surface area (Å²) in [5.74, 6) is 0. The maximum absolute atomic E-state index is 3.56. The van der Waals surface area contributed by atoms with Crippen LogP contribution < -0.4 is 5.73 Å². The normalized spacial score (nSPS) is 9.00. The standard InChI is InChI=1S/C3H9N/c1-3(2)4/h1-2,4H3. The molecule has 0 unspecified atom stereocenters. The van der Waals surface area contributed by atoms with E-state index >= 15 is 0 Å². The molecule has 0 saturated carbocycles. The van der Waals surface area contributed by atoms with Gasteiger partial charge in [0.05, 0.1) is 0 Å². The van der Waals surface area contributed by atoms with Crippen LogP contribution in [0.5, 0.6) is 0 Å². The Labute approximate surface area is 26.8 Å². The van der Waals surface area contributed by atoms with Crippen molar-refractivity contribution in [2.75, 3.05) is 0 Å². The van der Waals surface area contributed by atoms with Gasteiger partial charge in [-0.05, 0) is 0 Å². The Morgan fingerprint density at radius 1 is 1.50 bits per heavy atom. The first-order chi connectivity index (χ1) is 1.73. The summed E-state index contributed by atoms with van der Waals surface area (Å²) in [4.78, 5) is 0. The van der Waals surface area contributed by atoms with Crippen molar-refractivity contribution in [1.29, 1.82) is 0 Å². The van der Waals surface area contributed by atoms with E-state index in [0.29, 0.717) is 0 Å². The molecule has 26 valence electrons. The van der Waals surface area contributed by atoms with Crippen molar-refractivity contribution in [3.05, 3.63) is 6.04 Å². The minimum Gasteiger partial charge on any atom is -0.486 e. The Bertz CT molecular complexity index is 8.00. The molecule has 3 N–H and O–H groups in total. The van der Waals surface area contributed by atoms with Crippen LogP contribution in [-0.4, -0.2) is 0 Å². The van der Waals surface area contributed by atoms with Gasteiger partial charge in [-0.15, -0.1) is 19.9 Å². The molecule has 0 aliphatic heterocycles. The summed E-state index contributed by atoms with van der Waals surface area (Å²) < 4.78 is 0. The molecule has 0 aliphatic rings. The molecule has 0 rings (SSSR count). The van der Waals surface area contributed by atoms with Crippen molar-refractivity contribution >= 4 is 0 Å². The molecule has 0 radical (unpaired) electrons. The van der Waals surface area contributed by atoms with Crippen LogP contribution in [-0.2, 0) is 0 Å². The molecule has 1 nitrogen and oxygen atoms in total. The van der Waals surface area contributed by atoms with E-state index in [1.54, 1.807) is 0 Å². The first-order valence-corrected chi connectivity index (χ1v) is 1.35. The quantitative estimate of drug-likeness (QED) is 0.374. The van der Waals surface area contributed by atoms with E-state index in [2.05, 4.69) is 5.73 Å². The van der Waals surface area contributed by atoms with E-state index in [0.717, 1.165) is 0 Å². The van der Waals surface area contributed by atoms with Gasteiger partial charge in [-0.3, -0.25) is 0 Å². The van der Waals surface area contributed by atoms with E-state index in [1.165, 1.54) is 6.04 Å². The van der Waals surface area contributed by atoms with Crippen molar-refractivity contribution in [1.82, 2.24) is 0 Å². The van der Waals surface area contributed by atoms with Crippen LogP contribution >= 0.6 is 0 Å². The molecule has 0 spiro atoms. The Hall–Kier alpha value is -0.0400. The van der Waals surface area contributed by atoms with E-state index < -0.39 is 0 Å². The highest BCUT2D eigenvalue weighted by Crippen LogP contribution is 1.67. The second-order valence-electron chi connectivity index (χ2n) is 1.21. The molecule has 0 saturated heterocycles. The summed E-state index contributed by atoms with van der Waals surface area (Å²) in [6.07, 6.45) is 0. The lowest BCUT2D eigenvalue weighted by atomic mass is 10.5. The second kappa shape index (κ2) is 1.30. The number of rotatable bonds is 0. The summed E-state index contributed by atoms with van der Waals surface area (Å²) in [6.45, 7) is 3.94. The van der Waals surface area contributed by atoms with Crippen LogP contribution in [0.25, 0.3) is 0 Å². The molecular weight excluding hydrogens is 50.0 g/mol. The molecule has 0 bridgehead atoms. The van der Waals surface area contributed by atoms with E-state index in [1.807, 2.05) is 13.8 Å². The highest BCUT2D eigenvalue weighted by atomic mass is 14.6. The molecular formula is C3H9N. The van der Waals surface area contributed by atoms with Gasteiger partial charge in [0, 0.05) is 0 Å². The van der Waals surface area contributed by atoms with E-state index in [-0.39, 0.29) is 0 Å². The summed E-state index contributed by atoms with van der Waals surface area (Å²) in [5.41, 5.74) is 3.56.